The normalized spacial score (nSPS) is 13.4. The Hall–Kier alpha value is -1.74. The highest BCUT2D eigenvalue weighted by Gasteiger charge is 2.24. The third-order valence-corrected chi connectivity index (χ3v) is 4.71. The van der Waals surface area contributed by atoms with Crippen LogP contribution in [0.3, 0.4) is 0 Å². The molecular weight excluding hydrogens is 266 g/mol. The van der Waals surface area contributed by atoms with Gasteiger partial charge in [-0.1, -0.05) is 18.2 Å². The quantitative estimate of drug-likeness (QED) is 0.791. The number of anilines is 1. The van der Waals surface area contributed by atoms with Crippen molar-refractivity contribution in [2.24, 2.45) is 0 Å². The molecule has 0 aliphatic carbocycles. The molecule has 2 nitrogen and oxygen atoms in total. The molecule has 0 atom stereocenters. The summed E-state index contributed by atoms with van der Waals surface area (Å²) in [6, 6.07) is 12.2. The molecule has 0 fully saturated rings. The second-order valence-electron chi connectivity index (χ2n) is 5.32. The molecule has 102 valence electrons. The Morgan fingerprint density at radius 3 is 2.70 bits per heavy atom. The fourth-order valence-electron chi connectivity index (χ4n) is 2.57. The molecule has 0 amide bonds. The Morgan fingerprint density at radius 1 is 1.15 bits per heavy atom. The van der Waals surface area contributed by atoms with Gasteiger partial charge in [-0.2, -0.15) is 0 Å². The van der Waals surface area contributed by atoms with E-state index in [0.717, 1.165) is 33.0 Å². The third kappa shape index (κ3) is 2.12. The van der Waals surface area contributed by atoms with E-state index in [2.05, 4.69) is 19.1 Å². The van der Waals surface area contributed by atoms with Crippen LogP contribution < -0.4 is 4.90 Å². The Bertz CT molecular complexity index is 691. The fourth-order valence-corrected chi connectivity index (χ4v) is 3.71. The third-order valence-electron chi connectivity index (χ3n) is 3.60. The van der Waals surface area contributed by atoms with Gasteiger partial charge in [-0.25, -0.2) is 0 Å². The minimum absolute atomic E-state index is 0.143. The Morgan fingerprint density at radius 2 is 1.95 bits per heavy atom. The number of thioether (sulfide) groups is 1. The molecule has 0 saturated heterocycles. The first-order chi connectivity index (χ1) is 9.58. The first kappa shape index (κ1) is 13.3. The van der Waals surface area contributed by atoms with Crippen LogP contribution in [0.1, 0.15) is 27.0 Å². The lowest BCUT2D eigenvalue weighted by Crippen LogP contribution is -2.15. The molecular formula is C17H17NOS. The number of aryl methyl sites for hydroxylation is 1. The summed E-state index contributed by atoms with van der Waals surface area (Å²) in [5, 5.41) is 0. The summed E-state index contributed by atoms with van der Waals surface area (Å²) in [6.07, 6.45) is 0. The van der Waals surface area contributed by atoms with Crippen molar-refractivity contribution in [3.63, 3.8) is 0 Å². The van der Waals surface area contributed by atoms with Crippen LogP contribution in [0.2, 0.25) is 0 Å². The van der Waals surface area contributed by atoms with Crippen molar-refractivity contribution >= 4 is 23.2 Å². The molecule has 1 aliphatic heterocycles. The van der Waals surface area contributed by atoms with Gasteiger partial charge in [0.15, 0.2) is 5.78 Å². The molecule has 0 radical (unpaired) electrons. The maximum absolute atomic E-state index is 12.9. The van der Waals surface area contributed by atoms with Crippen LogP contribution in [0.15, 0.2) is 41.3 Å². The SMILES string of the molecule is Cc1ccc2c(c1)SCc1cccc(N(C)C)c1C2=O. The van der Waals surface area contributed by atoms with Gasteiger partial charge in [0.1, 0.15) is 0 Å². The average Bonchev–Trinajstić information content (AvgIpc) is 2.56. The Balaban J connectivity index is 2.23. The summed E-state index contributed by atoms with van der Waals surface area (Å²) in [5.74, 6) is 0.989. The highest BCUT2D eigenvalue weighted by molar-refractivity contribution is 7.98. The number of hydrogen-bond donors (Lipinski definition) is 0. The van der Waals surface area contributed by atoms with Gasteiger partial charge in [0.2, 0.25) is 0 Å². The molecule has 3 heteroatoms. The standard InChI is InChI=1S/C17H17NOS/c1-11-7-8-13-15(9-11)20-10-12-5-4-6-14(18(2)3)16(12)17(13)19/h4-9H,10H2,1-3H3. The highest BCUT2D eigenvalue weighted by Crippen LogP contribution is 2.37. The zero-order valence-electron chi connectivity index (χ0n) is 11.9. The van der Waals surface area contributed by atoms with E-state index in [-0.39, 0.29) is 5.78 Å². The average molecular weight is 283 g/mol. The number of rotatable bonds is 1. The lowest BCUT2D eigenvalue weighted by Gasteiger charge is -2.18. The van der Waals surface area contributed by atoms with E-state index in [0.29, 0.717) is 0 Å². The number of benzene rings is 2. The van der Waals surface area contributed by atoms with Gasteiger partial charge in [-0.3, -0.25) is 4.79 Å². The molecule has 0 bridgehead atoms. The van der Waals surface area contributed by atoms with E-state index in [1.807, 2.05) is 43.3 Å². The highest BCUT2D eigenvalue weighted by atomic mass is 32.2. The molecule has 1 heterocycles. The maximum atomic E-state index is 12.9. The molecule has 0 aromatic heterocycles. The smallest absolute Gasteiger partial charge is 0.196 e. The van der Waals surface area contributed by atoms with E-state index in [1.165, 1.54) is 5.56 Å². The topological polar surface area (TPSA) is 20.3 Å². The van der Waals surface area contributed by atoms with Crippen LogP contribution in [0.25, 0.3) is 0 Å². The van der Waals surface area contributed by atoms with Crippen LogP contribution in [-0.2, 0) is 5.75 Å². The molecule has 2 aromatic rings. The minimum atomic E-state index is 0.143. The molecule has 0 unspecified atom stereocenters. The van der Waals surface area contributed by atoms with Crippen LogP contribution in [0, 0.1) is 6.92 Å². The lowest BCUT2D eigenvalue weighted by molar-refractivity contribution is 0.103. The second-order valence-corrected chi connectivity index (χ2v) is 6.34. The van der Waals surface area contributed by atoms with Crippen molar-refractivity contribution in [1.29, 1.82) is 0 Å². The number of hydrogen-bond acceptors (Lipinski definition) is 3. The van der Waals surface area contributed by atoms with E-state index in [4.69, 9.17) is 0 Å². The van der Waals surface area contributed by atoms with Crippen molar-refractivity contribution < 1.29 is 4.79 Å². The number of ketones is 1. The molecule has 3 rings (SSSR count). The van der Waals surface area contributed by atoms with Crippen molar-refractivity contribution in [2.45, 2.75) is 17.6 Å². The summed E-state index contributed by atoms with van der Waals surface area (Å²) in [5.41, 5.74) is 5.01. The van der Waals surface area contributed by atoms with Crippen LogP contribution in [0.5, 0.6) is 0 Å². The zero-order valence-corrected chi connectivity index (χ0v) is 12.8. The minimum Gasteiger partial charge on any atom is -0.377 e. The molecule has 2 aromatic carbocycles. The first-order valence-electron chi connectivity index (χ1n) is 6.65. The summed E-state index contributed by atoms with van der Waals surface area (Å²) in [6.45, 7) is 2.06. The summed E-state index contributed by atoms with van der Waals surface area (Å²) in [7, 11) is 3.97. The summed E-state index contributed by atoms with van der Waals surface area (Å²) >= 11 is 1.75. The molecule has 1 aliphatic rings. The van der Waals surface area contributed by atoms with E-state index < -0.39 is 0 Å². The Labute approximate surface area is 123 Å². The summed E-state index contributed by atoms with van der Waals surface area (Å²) in [4.78, 5) is 16.0. The van der Waals surface area contributed by atoms with Gasteiger partial charge in [0.05, 0.1) is 0 Å². The zero-order chi connectivity index (χ0) is 14.3. The van der Waals surface area contributed by atoms with E-state index in [1.54, 1.807) is 11.8 Å². The van der Waals surface area contributed by atoms with E-state index >= 15 is 0 Å². The Kier molecular flexibility index (Phi) is 3.30. The van der Waals surface area contributed by atoms with Crippen LogP contribution >= 0.6 is 11.8 Å². The monoisotopic (exact) mass is 283 g/mol. The van der Waals surface area contributed by atoms with Crippen molar-refractivity contribution in [3.8, 4) is 0 Å². The summed E-state index contributed by atoms with van der Waals surface area (Å²) < 4.78 is 0. The molecule has 20 heavy (non-hydrogen) atoms. The first-order valence-corrected chi connectivity index (χ1v) is 7.64. The predicted octanol–water partition coefficient (Wildman–Crippen LogP) is 3.90. The van der Waals surface area contributed by atoms with Gasteiger partial charge < -0.3 is 4.90 Å². The van der Waals surface area contributed by atoms with Gasteiger partial charge in [-0.05, 0) is 36.2 Å². The maximum Gasteiger partial charge on any atom is 0.196 e. The van der Waals surface area contributed by atoms with Crippen LogP contribution in [0.4, 0.5) is 5.69 Å². The second kappa shape index (κ2) is 4.98. The molecule has 0 spiro atoms. The fraction of sp³-hybridized carbons (Fsp3) is 0.235. The molecule has 0 N–H and O–H groups in total. The van der Waals surface area contributed by atoms with E-state index in [9.17, 15) is 4.79 Å². The lowest BCUT2D eigenvalue weighted by atomic mass is 9.96. The number of carbonyl (C=O) groups is 1. The predicted molar refractivity (Wildman–Crippen MR) is 84.9 cm³/mol. The van der Waals surface area contributed by atoms with Crippen molar-refractivity contribution in [1.82, 2.24) is 0 Å². The van der Waals surface area contributed by atoms with Crippen LogP contribution in [-0.4, -0.2) is 19.9 Å². The largest absolute Gasteiger partial charge is 0.377 e. The number of fused-ring (bicyclic) bond motifs is 2. The number of carbonyl (C=O) groups excluding carboxylic acids is 1. The van der Waals surface area contributed by atoms with Gasteiger partial charge in [0, 0.05) is 41.6 Å². The van der Waals surface area contributed by atoms with Crippen molar-refractivity contribution in [3.05, 3.63) is 58.7 Å². The van der Waals surface area contributed by atoms with Gasteiger partial charge >= 0.3 is 0 Å². The molecule has 0 saturated carbocycles. The van der Waals surface area contributed by atoms with Gasteiger partial charge in [-0.15, -0.1) is 11.8 Å². The number of nitrogens with zero attached hydrogens (tertiary/aromatic N) is 1. The van der Waals surface area contributed by atoms with Gasteiger partial charge in [0.25, 0.3) is 0 Å². The van der Waals surface area contributed by atoms with Crippen molar-refractivity contribution in [2.75, 3.05) is 19.0 Å².